The molecule has 1 aliphatic carbocycles. The summed E-state index contributed by atoms with van der Waals surface area (Å²) in [5, 5.41) is 10.5. The average molecular weight is 502 g/mol. The molecule has 0 unspecified atom stereocenters. The number of aromatic nitrogens is 2. The van der Waals surface area contributed by atoms with Crippen LogP contribution in [0.3, 0.4) is 0 Å². The van der Waals surface area contributed by atoms with E-state index < -0.39 is 6.17 Å². The zero-order valence-corrected chi connectivity index (χ0v) is 20.9. The highest BCUT2D eigenvalue weighted by Crippen LogP contribution is 2.44. The molecule has 0 spiro atoms. The van der Waals surface area contributed by atoms with Gasteiger partial charge in [0.2, 0.25) is 5.91 Å². The van der Waals surface area contributed by atoms with E-state index in [1.165, 1.54) is 6.33 Å². The van der Waals surface area contributed by atoms with Crippen LogP contribution < -0.4 is 4.90 Å². The number of nitrogens with zero attached hydrogens (tertiary/aromatic N) is 5. The van der Waals surface area contributed by atoms with Crippen LogP contribution in [0.2, 0.25) is 5.02 Å². The maximum atomic E-state index is 14.4. The van der Waals surface area contributed by atoms with Crippen LogP contribution in [0.1, 0.15) is 61.0 Å². The molecule has 3 heterocycles. The number of alkyl halides is 1. The monoisotopic (exact) mass is 501 g/mol. The fourth-order valence-corrected chi connectivity index (χ4v) is 5.78. The molecule has 2 saturated heterocycles. The van der Waals surface area contributed by atoms with Gasteiger partial charge in [-0.1, -0.05) is 30.7 Å². The molecule has 1 amide bonds. The molecule has 1 N–H and O–H groups in total. The normalized spacial score (nSPS) is 24.5. The minimum Gasteiger partial charge on any atom is -0.393 e. The summed E-state index contributed by atoms with van der Waals surface area (Å²) < 4.78 is 14.4. The van der Waals surface area contributed by atoms with E-state index in [9.17, 15) is 14.3 Å². The number of fused-ring (bicyclic) bond motifs is 1. The first kappa shape index (κ1) is 24.4. The van der Waals surface area contributed by atoms with E-state index in [1.54, 1.807) is 0 Å². The molecule has 2 aromatic rings. The number of amides is 1. The van der Waals surface area contributed by atoms with Crippen LogP contribution in [0.25, 0.3) is 0 Å². The molecular formula is C26H33ClFN5O2. The molecule has 188 valence electrons. The van der Waals surface area contributed by atoms with Crippen molar-refractivity contribution in [3.05, 3.63) is 52.4 Å². The summed E-state index contributed by atoms with van der Waals surface area (Å²) in [5.74, 6) is 0.733. The number of carbonyl (C=O) groups excluding carboxylic acids is 1. The Balaban J connectivity index is 1.29. The quantitative estimate of drug-likeness (QED) is 0.675. The summed E-state index contributed by atoms with van der Waals surface area (Å²) in [6, 6.07) is 7.56. The third-order valence-electron chi connectivity index (χ3n) is 7.70. The van der Waals surface area contributed by atoms with E-state index >= 15 is 0 Å². The number of benzene rings is 1. The van der Waals surface area contributed by atoms with Gasteiger partial charge in [0.25, 0.3) is 0 Å². The SMILES string of the molecule is C[C@@H]1C[C@@H](F)c2ncnc(N3CCN(C(=O)[C@H](CN4CCC(O)CC4)c4ccc(Cl)cc4)CC3)c21. The van der Waals surface area contributed by atoms with Crippen molar-refractivity contribution in [1.82, 2.24) is 19.8 Å². The van der Waals surface area contributed by atoms with Crippen molar-refractivity contribution in [2.24, 2.45) is 0 Å². The lowest BCUT2D eigenvalue weighted by Crippen LogP contribution is -2.52. The Hall–Kier alpha value is -2.29. The first-order valence-corrected chi connectivity index (χ1v) is 13.0. The molecule has 1 aromatic heterocycles. The number of aliphatic hydroxyl groups excluding tert-OH is 1. The summed E-state index contributed by atoms with van der Waals surface area (Å²) in [5.41, 5.74) is 2.41. The van der Waals surface area contributed by atoms with Gasteiger partial charge in [-0.05, 0) is 42.9 Å². The second-order valence-corrected chi connectivity index (χ2v) is 10.5. The number of rotatable bonds is 5. The Morgan fingerprint density at radius 3 is 2.49 bits per heavy atom. The van der Waals surface area contributed by atoms with Crippen molar-refractivity contribution in [1.29, 1.82) is 0 Å². The lowest BCUT2D eigenvalue weighted by atomic mass is 9.95. The average Bonchev–Trinajstić information content (AvgIpc) is 3.17. The lowest BCUT2D eigenvalue weighted by molar-refractivity contribution is -0.133. The topological polar surface area (TPSA) is 72.8 Å². The van der Waals surface area contributed by atoms with Crippen LogP contribution >= 0.6 is 11.6 Å². The van der Waals surface area contributed by atoms with Crippen LogP contribution in [0.4, 0.5) is 10.2 Å². The third-order valence-corrected chi connectivity index (χ3v) is 7.95. The highest BCUT2D eigenvalue weighted by molar-refractivity contribution is 6.30. The highest BCUT2D eigenvalue weighted by atomic mass is 35.5. The third kappa shape index (κ3) is 5.15. The van der Waals surface area contributed by atoms with Crippen LogP contribution in [0.5, 0.6) is 0 Å². The molecule has 3 aliphatic rings. The standard InChI is InChI=1S/C26H33ClFN5O2/c1-17-14-22(28)24-23(17)25(30-16-29-24)32-10-12-33(13-11-32)26(35)21(18-2-4-19(27)5-3-18)15-31-8-6-20(34)7-9-31/h2-5,16-17,20-22,34H,6-15H2,1H3/t17-,21-,22-/m1/s1. The lowest BCUT2D eigenvalue weighted by Gasteiger charge is -2.39. The van der Waals surface area contributed by atoms with E-state index in [1.807, 2.05) is 36.1 Å². The van der Waals surface area contributed by atoms with Gasteiger partial charge < -0.3 is 19.8 Å². The number of piperidine rings is 1. The smallest absolute Gasteiger partial charge is 0.231 e. The number of halogens is 2. The van der Waals surface area contributed by atoms with Gasteiger partial charge in [0.1, 0.15) is 18.3 Å². The largest absolute Gasteiger partial charge is 0.393 e. The van der Waals surface area contributed by atoms with Crippen molar-refractivity contribution < 1.29 is 14.3 Å². The van der Waals surface area contributed by atoms with E-state index in [-0.39, 0.29) is 23.8 Å². The Morgan fingerprint density at radius 2 is 1.80 bits per heavy atom. The zero-order valence-electron chi connectivity index (χ0n) is 20.1. The van der Waals surface area contributed by atoms with Gasteiger partial charge in [-0.15, -0.1) is 0 Å². The minimum atomic E-state index is -1.03. The molecule has 2 aliphatic heterocycles. The van der Waals surface area contributed by atoms with Gasteiger partial charge in [0.15, 0.2) is 0 Å². The number of aliphatic hydroxyl groups is 1. The fraction of sp³-hybridized carbons (Fsp3) is 0.577. The fourth-order valence-electron chi connectivity index (χ4n) is 5.65. The Kier molecular flexibility index (Phi) is 7.23. The van der Waals surface area contributed by atoms with Gasteiger partial charge in [0, 0.05) is 56.4 Å². The van der Waals surface area contributed by atoms with Crippen LogP contribution in [0, 0.1) is 0 Å². The minimum absolute atomic E-state index is 0.0909. The molecular weight excluding hydrogens is 469 g/mol. The van der Waals surface area contributed by atoms with Gasteiger partial charge >= 0.3 is 0 Å². The van der Waals surface area contributed by atoms with Crippen molar-refractivity contribution in [3.63, 3.8) is 0 Å². The second-order valence-electron chi connectivity index (χ2n) is 10.0. The number of piperazine rings is 1. The predicted molar refractivity (Wildman–Crippen MR) is 134 cm³/mol. The first-order valence-electron chi connectivity index (χ1n) is 12.6. The molecule has 1 aromatic carbocycles. The van der Waals surface area contributed by atoms with Crippen LogP contribution in [-0.4, -0.2) is 82.7 Å². The Morgan fingerprint density at radius 1 is 1.11 bits per heavy atom. The molecule has 35 heavy (non-hydrogen) atoms. The number of likely N-dealkylation sites (tertiary alicyclic amines) is 1. The molecule has 9 heteroatoms. The predicted octanol–water partition coefficient (Wildman–Crippen LogP) is 3.54. The molecule has 5 rings (SSSR count). The summed E-state index contributed by atoms with van der Waals surface area (Å²) >= 11 is 6.11. The number of hydrogen-bond donors (Lipinski definition) is 1. The maximum absolute atomic E-state index is 14.4. The van der Waals surface area contributed by atoms with Crippen molar-refractivity contribution in [2.75, 3.05) is 50.7 Å². The molecule has 7 nitrogen and oxygen atoms in total. The summed E-state index contributed by atoms with van der Waals surface area (Å²) in [6.07, 6.45) is 2.12. The molecule has 0 bridgehead atoms. The van der Waals surface area contributed by atoms with Crippen molar-refractivity contribution >= 4 is 23.3 Å². The summed E-state index contributed by atoms with van der Waals surface area (Å²) in [4.78, 5) is 28.9. The van der Waals surface area contributed by atoms with E-state index in [4.69, 9.17) is 11.6 Å². The van der Waals surface area contributed by atoms with E-state index in [0.717, 1.165) is 42.9 Å². The summed E-state index contributed by atoms with van der Waals surface area (Å²) in [7, 11) is 0. The van der Waals surface area contributed by atoms with Gasteiger partial charge in [-0.2, -0.15) is 0 Å². The molecule has 2 fully saturated rings. The molecule has 0 radical (unpaired) electrons. The maximum Gasteiger partial charge on any atom is 0.231 e. The first-order chi connectivity index (χ1) is 16.9. The molecule has 3 atom stereocenters. The summed E-state index contributed by atoms with van der Waals surface area (Å²) in [6.45, 7) is 6.73. The number of anilines is 1. The Labute approximate surface area is 210 Å². The molecule has 0 saturated carbocycles. The second kappa shape index (κ2) is 10.4. The van der Waals surface area contributed by atoms with E-state index in [0.29, 0.717) is 49.9 Å². The van der Waals surface area contributed by atoms with Gasteiger partial charge in [-0.3, -0.25) is 4.79 Å². The van der Waals surface area contributed by atoms with Crippen molar-refractivity contribution in [3.8, 4) is 0 Å². The number of carbonyl (C=O) groups is 1. The Bertz CT molecular complexity index is 1040. The highest BCUT2D eigenvalue weighted by Gasteiger charge is 2.36. The zero-order chi connectivity index (χ0) is 24.5. The number of hydrogen-bond acceptors (Lipinski definition) is 6. The van der Waals surface area contributed by atoms with Crippen LogP contribution in [-0.2, 0) is 4.79 Å². The van der Waals surface area contributed by atoms with Crippen LogP contribution in [0.15, 0.2) is 30.6 Å². The van der Waals surface area contributed by atoms with Crippen molar-refractivity contribution in [2.45, 2.75) is 50.3 Å². The van der Waals surface area contributed by atoms with E-state index in [2.05, 4.69) is 19.8 Å². The van der Waals surface area contributed by atoms with Gasteiger partial charge in [0.05, 0.1) is 17.7 Å². The van der Waals surface area contributed by atoms with Gasteiger partial charge in [-0.25, -0.2) is 14.4 Å².